The molecule has 5 heteroatoms. The van der Waals surface area contributed by atoms with Crippen LogP contribution in [0, 0.1) is 0 Å². The predicted molar refractivity (Wildman–Crippen MR) is 178 cm³/mol. The molecule has 0 spiro atoms. The van der Waals surface area contributed by atoms with E-state index in [-0.39, 0.29) is 0 Å². The molecule has 0 radical (unpaired) electrons. The molecular weight excluding hydrogens is 538 g/mol. The minimum absolute atomic E-state index is 0.649. The first-order chi connectivity index (χ1) is 21.8. The average molecular weight is 564 g/mol. The monoisotopic (exact) mass is 563 g/mol. The lowest BCUT2D eigenvalue weighted by atomic mass is 9.97. The second-order valence-electron chi connectivity index (χ2n) is 10.6. The van der Waals surface area contributed by atoms with Crippen LogP contribution in [-0.4, -0.2) is 24.9 Å². The predicted octanol–water partition coefficient (Wildman–Crippen LogP) is 9.30. The van der Waals surface area contributed by atoms with Crippen molar-refractivity contribution >= 4 is 21.5 Å². The molecule has 0 N–H and O–H groups in total. The topological polar surface area (TPSA) is 64.5 Å². The molecule has 0 aliphatic heterocycles. The molecule has 0 unspecified atom stereocenters. The zero-order valence-corrected chi connectivity index (χ0v) is 23.7. The maximum Gasteiger partial charge on any atom is 0.164 e. The van der Waals surface area contributed by atoms with Crippen molar-refractivity contribution < 1.29 is 0 Å². The van der Waals surface area contributed by atoms with Gasteiger partial charge in [0.25, 0.3) is 0 Å². The molecule has 206 valence electrons. The van der Waals surface area contributed by atoms with Crippen LogP contribution in [0.25, 0.3) is 78.1 Å². The van der Waals surface area contributed by atoms with Crippen molar-refractivity contribution in [3.05, 3.63) is 152 Å². The van der Waals surface area contributed by atoms with Crippen LogP contribution in [0.1, 0.15) is 0 Å². The minimum Gasteiger partial charge on any atom is -0.264 e. The number of nitrogens with zero attached hydrogens (tertiary/aromatic N) is 5. The van der Waals surface area contributed by atoms with E-state index in [1.165, 1.54) is 16.2 Å². The van der Waals surface area contributed by atoms with Crippen LogP contribution >= 0.6 is 0 Å². The van der Waals surface area contributed by atoms with Gasteiger partial charge in [0, 0.05) is 52.0 Å². The van der Waals surface area contributed by atoms with Gasteiger partial charge in [-0.15, -0.1) is 0 Å². The number of hydrogen-bond acceptors (Lipinski definition) is 5. The fraction of sp³-hybridized carbons (Fsp3) is 0. The molecule has 8 aromatic rings. The Morgan fingerprint density at radius 2 is 0.886 bits per heavy atom. The van der Waals surface area contributed by atoms with E-state index in [1.54, 1.807) is 6.20 Å². The Hall–Kier alpha value is -6.07. The van der Waals surface area contributed by atoms with E-state index in [2.05, 4.69) is 65.6 Å². The zero-order valence-electron chi connectivity index (χ0n) is 23.7. The maximum atomic E-state index is 4.91. The van der Waals surface area contributed by atoms with Crippen molar-refractivity contribution in [2.24, 2.45) is 0 Å². The summed E-state index contributed by atoms with van der Waals surface area (Å²) in [5, 5.41) is 4.66. The summed E-state index contributed by atoms with van der Waals surface area (Å²) in [6.07, 6.45) is 5.54. The summed E-state index contributed by atoms with van der Waals surface area (Å²) in [6, 6.07) is 45.6. The standard InChI is InChI=1S/C39H25N5/c1-3-8-26(9-4-1)37-42-38(27-10-5-2-6-11-27)44-39(43-37)31-16-19-35-29(23-31)14-13-28-22-30(15-18-34(28)35)36-20-17-33(25-41-36)32-12-7-21-40-24-32/h1-25H. The van der Waals surface area contributed by atoms with Crippen LogP contribution < -0.4 is 0 Å². The Labute approximate surface area is 254 Å². The first-order valence-electron chi connectivity index (χ1n) is 14.5. The molecule has 0 aliphatic carbocycles. The van der Waals surface area contributed by atoms with Crippen LogP contribution in [0.3, 0.4) is 0 Å². The van der Waals surface area contributed by atoms with Gasteiger partial charge in [0.05, 0.1) is 5.69 Å². The number of aromatic nitrogens is 5. The van der Waals surface area contributed by atoms with E-state index < -0.39 is 0 Å². The van der Waals surface area contributed by atoms with Crippen molar-refractivity contribution in [1.29, 1.82) is 0 Å². The van der Waals surface area contributed by atoms with Gasteiger partial charge in [0.15, 0.2) is 17.5 Å². The lowest BCUT2D eigenvalue weighted by Gasteiger charge is -2.10. The SMILES string of the molecule is c1ccc(-c2nc(-c3ccccc3)nc(-c3ccc4c(ccc5cc(-c6ccc(-c7cccnc7)cn6)ccc54)c3)n2)cc1. The molecule has 0 aliphatic rings. The molecule has 3 aromatic heterocycles. The summed E-state index contributed by atoms with van der Waals surface area (Å²) in [7, 11) is 0. The van der Waals surface area contributed by atoms with Crippen LogP contribution in [0.4, 0.5) is 0 Å². The summed E-state index contributed by atoms with van der Waals surface area (Å²) < 4.78 is 0. The molecule has 5 aromatic carbocycles. The van der Waals surface area contributed by atoms with Gasteiger partial charge in [-0.2, -0.15) is 0 Å². The van der Waals surface area contributed by atoms with Gasteiger partial charge < -0.3 is 0 Å². The van der Waals surface area contributed by atoms with Gasteiger partial charge in [-0.25, -0.2) is 15.0 Å². The quantitative estimate of drug-likeness (QED) is 0.195. The second-order valence-corrected chi connectivity index (χ2v) is 10.6. The average Bonchev–Trinajstić information content (AvgIpc) is 3.12. The third-order valence-corrected chi connectivity index (χ3v) is 7.85. The molecule has 0 fully saturated rings. The molecule has 5 nitrogen and oxygen atoms in total. The molecule has 0 bridgehead atoms. The minimum atomic E-state index is 0.649. The lowest BCUT2D eigenvalue weighted by molar-refractivity contribution is 1.07. The Balaban J connectivity index is 1.17. The number of pyridine rings is 2. The van der Waals surface area contributed by atoms with Crippen LogP contribution in [0.2, 0.25) is 0 Å². The number of benzene rings is 5. The highest BCUT2D eigenvalue weighted by Gasteiger charge is 2.13. The molecule has 3 heterocycles. The van der Waals surface area contributed by atoms with Gasteiger partial charge in [-0.3, -0.25) is 9.97 Å². The summed E-state index contributed by atoms with van der Waals surface area (Å²) in [4.78, 5) is 23.6. The summed E-state index contributed by atoms with van der Waals surface area (Å²) in [5.41, 5.74) is 6.99. The first-order valence-corrected chi connectivity index (χ1v) is 14.5. The van der Waals surface area contributed by atoms with Crippen molar-refractivity contribution in [2.75, 3.05) is 0 Å². The molecular formula is C39H25N5. The van der Waals surface area contributed by atoms with Gasteiger partial charge >= 0.3 is 0 Å². The Kier molecular flexibility index (Phi) is 6.39. The van der Waals surface area contributed by atoms with Crippen LogP contribution in [0.5, 0.6) is 0 Å². The fourth-order valence-corrected chi connectivity index (χ4v) is 5.58. The van der Waals surface area contributed by atoms with E-state index in [0.717, 1.165) is 44.5 Å². The second kappa shape index (κ2) is 11.0. The number of fused-ring (bicyclic) bond motifs is 3. The molecule has 8 rings (SSSR count). The van der Waals surface area contributed by atoms with E-state index in [9.17, 15) is 0 Å². The van der Waals surface area contributed by atoms with Crippen molar-refractivity contribution in [2.45, 2.75) is 0 Å². The fourth-order valence-electron chi connectivity index (χ4n) is 5.58. The summed E-state index contributed by atoms with van der Waals surface area (Å²) in [6.45, 7) is 0. The molecule has 44 heavy (non-hydrogen) atoms. The highest BCUT2D eigenvalue weighted by molar-refractivity contribution is 6.09. The molecule has 0 saturated carbocycles. The largest absolute Gasteiger partial charge is 0.264 e. The molecule has 0 atom stereocenters. The third kappa shape index (κ3) is 4.86. The smallest absolute Gasteiger partial charge is 0.164 e. The highest BCUT2D eigenvalue weighted by atomic mass is 15.0. The maximum absolute atomic E-state index is 4.91. The Morgan fingerprint density at radius 1 is 0.364 bits per heavy atom. The van der Waals surface area contributed by atoms with E-state index in [1.807, 2.05) is 85.2 Å². The lowest BCUT2D eigenvalue weighted by Crippen LogP contribution is -2.00. The van der Waals surface area contributed by atoms with Gasteiger partial charge in [-0.1, -0.05) is 109 Å². The molecule has 0 amide bonds. The Morgan fingerprint density at radius 3 is 1.45 bits per heavy atom. The zero-order chi connectivity index (χ0) is 29.3. The van der Waals surface area contributed by atoms with E-state index >= 15 is 0 Å². The third-order valence-electron chi connectivity index (χ3n) is 7.85. The molecule has 0 saturated heterocycles. The van der Waals surface area contributed by atoms with Crippen LogP contribution in [0.15, 0.2) is 152 Å². The Bertz CT molecular complexity index is 2190. The van der Waals surface area contributed by atoms with Crippen molar-refractivity contribution in [3.8, 4) is 56.5 Å². The van der Waals surface area contributed by atoms with Gasteiger partial charge in [0.2, 0.25) is 0 Å². The summed E-state index contributed by atoms with van der Waals surface area (Å²) >= 11 is 0. The van der Waals surface area contributed by atoms with Gasteiger partial charge in [-0.05, 0) is 45.8 Å². The first kappa shape index (κ1) is 25.6. The van der Waals surface area contributed by atoms with Gasteiger partial charge in [0.1, 0.15) is 0 Å². The van der Waals surface area contributed by atoms with Crippen LogP contribution in [-0.2, 0) is 0 Å². The number of rotatable bonds is 5. The highest BCUT2D eigenvalue weighted by Crippen LogP contribution is 2.33. The summed E-state index contributed by atoms with van der Waals surface area (Å²) in [5.74, 6) is 1.96. The number of hydrogen-bond donors (Lipinski definition) is 0. The van der Waals surface area contributed by atoms with E-state index in [4.69, 9.17) is 19.9 Å². The van der Waals surface area contributed by atoms with E-state index in [0.29, 0.717) is 17.5 Å². The van der Waals surface area contributed by atoms with Crippen molar-refractivity contribution in [1.82, 2.24) is 24.9 Å². The van der Waals surface area contributed by atoms with Crippen molar-refractivity contribution in [3.63, 3.8) is 0 Å². The normalized spacial score (nSPS) is 11.2.